The Morgan fingerprint density at radius 3 is 2.88 bits per heavy atom. The molecule has 1 N–H and O–H groups in total. The van der Waals surface area contributed by atoms with Crippen LogP contribution in [0.3, 0.4) is 0 Å². The maximum atomic E-state index is 13.6. The molecule has 0 aliphatic rings. The highest BCUT2D eigenvalue weighted by Gasteiger charge is 2.15. The third-order valence-corrected chi connectivity index (χ3v) is 3.09. The average Bonchev–Trinajstić information content (AvgIpc) is 2.85. The first kappa shape index (κ1) is 12.1. The number of hydrogen-bond acceptors (Lipinski definition) is 4. The Balaban J connectivity index is 2.16. The summed E-state index contributed by atoms with van der Waals surface area (Å²) in [6.45, 7) is 2.84. The number of rotatable bonds is 5. The molecule has 5 heteroatoms. The van der Waals surface area contributed by atoms with Gasteiger partial charge in [-0.2, -0.15) is 0 Å². The lowest BCUT2D eigenvalue weighted by Crippen LogP contribution is -2.23. The fourth-order valence-corrected chi connectivity index (χ4v) is 2.24. The molecule has 0 amide bonds. The second kappa shape index (κ2) is 5.84. The van der Waals surface area contributed by atoms with Gasteiger partial charge in [-0.1, -0.05) is 29.6 Å². The van der Waals surface area contributed by atoms with Crippen molar-refractivity contribution in [1.82, 2.24) is 14.9 Å². The van der Waals surface area contributed by atoms with E-state index < -0.39 is 0 Å². The maximum absolute atomic E-state index is 13.6. The Morgan fingerprint density at radius 1 is 1.41 bits per heavy atom. The van der Waals surface area contributed by atoms with Crippen LogP contribution in [0.15, 0.2) is 29.6 Å². The number of benzene rings is 1. The van der Waals surface area contributed by atoms with Crippen molar-refractivity contribution >= 4 is 11.5 Å². The molecule has 90 valence electrons. The quantitative estimate of drug-likeness (QED) is 0.887. The average molecular weight is 251 g/mol. The van der Waals surface area contributed by atoms with Gasteiger partial charge in [-0.25, -0.2) is 4.39 Å². The van der Waals surface area contributed by atoms with Crippen LogP contribution in [0, 0.1) is 5.82 Å². The predicted molar refractivity (Wildman–Crippen MR) is 66.4 cm³/mol. The van der Waals surface area contributed by atoms with Gasteiger partial charge in [0.15, 0.2) is 0 Å². The van der Waals surface area contributed by atoms with Crippen molar-refractivity contribution in [3.63, 3.8) is 0 Å². The van der Waals surface area contributed by atoms with Gasteiger partial charge in [0, 0.05) is 5.38 Å². The van der Waals surface area contributed by atoms with E-state index in [1.54, 1.807) is 12.1 Å². The molecule has 0 aliphatic carbocycles. The number of likely N-dealkylation sites (N-methyl/N-ethyl adjacent to an activating group) is 1. The van der Waals surface area contributed by atoms with Gasteiger partial charge in [0.1, 0.15) is 5.82 Å². The minimum atomic E-state index is -0.168. The second-order valence-electron chi connectivity index (χ2n) is 3.74. The van der Waals surface area contributed by atoms with Crippen molar-refractivity contribution in [3.8, 4) is 0 Å². The summed E-state index contributed by atoms with van der Waals surface area (Å²) in [6, 6.07) is 6.86. The van der Waals surface area contributed by atoms with Crippen molar-refractivity contribution in [2.45, 2.75) is 19.4 Å². The van der Waals surface area contributed by atoms with E-state index in [0.717, 1.165) is 12.2 Å². The van der Waals surface area contributed by atoms with E-state index in [1.165, 1.54) is 17.6 Å². The smallest absolute Gasteiger partial charge is 0.126 e. The van der Waals surface area contributed by atoms with Crippen LogP contribution < -0.4 is 5.32 Å². The molecule has 2 aromatic rings. The first-order valence-corrected chi connectivity index (χ1v) is 6.38. The largest absolute Gasteiger partial charge is 0.309 e. The Morgan fingerprint density at radius 2 is 2.24 bits per heavy atom. The summed E-state index contributed by atoms with van der Waals surface area (Å²) in [5.74, 6) is -0.168. The standard InChI is InChI=1S/C12H14FN3S/c1-2-14-11(12-8-17-16-15-12)7-9-5-3-4-6-10(9)13/h3-6,8,11,14H,2,7H2,1H3. The van der Waals surface area contributed by atoms with E-state index in [1.807, 2.05) is 18.4 Å². The summed E-state index contributed by atoms with van der Waals surface area (Å²) in [5, 5.41) is 9.24. The fourth-order valence-electron chi connectivity index (χ4n) is 1.74. The molecular formula is C12H14FN3S. The molecule has 1 heterocycles. The highest BCUT2D eigenvalue weighted by Crippen LogP contribution is 2.19. The lowest BCUT2D eigenvalue weighted by molar-refractivity contribution is 0.517. The molecule has 0 radical (unpaired) electrons. The summed E-state index contributed by atoms with van der Waals surface area (Å²) < 4.78 is 17.4. The molecule has 3 nitrogen and oxygen atoms in total. The van der Waals surface area contributed by atoms with E-state index in [0.29, 0.717) is 12.0 Å². The van der Waals surface area contributed by atoms with Crippen LogP contribution in [0.2, 0.25) is 0 Å². The Hall–Kier alpha value is -1.33. The van der Waals surface area contributed by atoms with Crippen molar-refractivity contribution < 1.29 is 4.39 Å². The first-order valence-electron chi connectivity index (χ1n) is 5.55. The van der Waals surface area contributed by atoms with E-state index in [-0.39, 0.29) is 11.9 Å². The molecular weight excluding hydrogens is 237 g/mol. The van der Waals surface area contributed by atoms with Crippen LogP contribution in [0.5, 0.6) is 0 Å². The molecule has 0 bridgehead atoms. The van der Waals surface area contributed by atoms with E-state index in [2.05, 4.69) is 14.9 Å². The van der Waals surface area contributed by atoms with Gasteiger partial charge in [-0.3, -0.25) is 0 Å². The second-order valence-corrected chi connectivity index (χ2v) is 4.35. The highest BCUT2D eigenvalue weighted by atomic mass is 32.1. The third-order valence-electron chi connectivity index (χ3n) is 2.57. The van der Waals surface area contributed by atoms with Crippen LogP contribution in [0.25, 0.3) is 0 Å². The van der Waals surface area contributed by atoms with E-state index >= 15 is 0 Å². The summed E-state index contributed by atoms with van der Waals surface area (Å²) in [7, 11) is 0. The summed E-state index contributed by atoms with van der Waals surface area (Å²) in [6.07, 6.45) is 0.589. The van der Waals surface area contributed by atoms with Crippen LogP contribution in [-0.4, -0.2) is 16.1 Å². The van der Waals surface area contributed by atoms with Gasteiger partial charge >= 0.3 is 0 Å². The minimum Gasteiger partial charge on any atom is -0.309 e. The number of nitrogens with one attached hydrogen (secondary N) is 1. The van der Waals surface area contributed by atoms with E-state index in [4.69, 9.17) is 0 Å². The van der Waals surface area contributed by atoms with Gasteiger partial charge < -0.3 is 5.32 Å². The van der Waals surface area contributed by atoms with Crippen molar-refractivity contribution in [2.75, 3.05) is 6.54 Å². The Bertz CT molecular complexity index is 459. The van der Waals surface area contributed by atoms with Gasteiger partial charge in [-0.05, 0) is 36.1 Å². The minimum absolute atomic E-state index is 0.0237. The zero-order valence-corrected chi connectivity index (χ0v) is 10.4. The van der Waals surface area contributed by atoms with Crippen LogP contribution in [0.4, 0.5) is 4.39 Å². The Labute approximate surface area is 104 Å². The number of aromatic nitrogens is 2. The zero-order valence-electron chi connectivity index (χ0n) is 9.56. The monoisotopic (exact) mass is 251 g/mol. The van der Waals surface area contributed by atoms with Crippen molar-refractivity contribution in [2.24, 2.45) is 0 Å². The van der Waals surface area contributed by atoms with Gasteiger partial charge in [0.25, 0.3) is 0 Å². The fraction of sp³-hybridized carbons (Fsp3) is 0.333. The lowest BCUT2D eigenvalue weighted by atomic mass is 10.0. The molecule has 0 aliphatic heterocycles. The van der Waals surface area contributed by atoms with Crippen LogP contribution >= 0.6 is 11.5 Å². The summed E-state index contributed by atoms with van der Waals surface area (Å²) in [4.78, 5) is 0. The predicted octanol–water partition coefficient (Wildman–Crippen LogP) is 2.57. The van der Waals surface area contributed by atoms with Gasteiger partial charge in [-0.15, -0.1) is 5.10 Å². The van der Waals surface area contributed by atoms with E-state index in [9.17, 15) is 4.39 Å². The number of hydrogen-bond donors (Lipinski definition) is 1. The molecule has 0 fully saturated rings. The number of nitrogens with zero attached hydrogens (tertiary/aromatic N) is 2. The summed E-state index contributed by atoms with van der Waals surface area (Å²) in [5.41, 5.74) is 1.58. The third kappa shape index (κ3) is 3.08. The SMILES string of the molecule is CCNC(Cc1ccccc1F)c1csnn1. The van der Waals surface area contributed by atoms with Crippen molar-refractivity contribution in [3.05, 3.63) is 46.7 Å². The zero-order chi connectivity index (χ0) is 12.1. The summed E-state index contributed by atoms with van der Waals surface area (Å²) >= 11 is 1.31. The normalized spacial score (nSPS) is 12.6. The number of halogens is 1. The molecule has 1 atom stereocenters. The highest BCUT2D eigenvalue weighted by molar-refractivity contribution is 7.03. The van der Waals surface area contributed by atoms with Crippen LogP contribution in [0.1, 0.15) is 24.2 Å². The molecule has 1 aromatic heterocycles. The van der Waals surface area contributed by atoms with Crippen molar-refractivity contribution in [1.29, 1.82) is 0 Å². The van der Waals surface area contributed by atoms with Gasteiger partial charge in [0.05, 0.1) is 11.7 Å². The molecule has 0 saturated heterocycles. The molecule has 17 heavy (non-hydrogen) atoms. The Kier molecular flexibility index (Phi) is 4.17. The molecule has 1 aromatic carbocycles. The topological polar surface area (TPSA) is 37.8 Å². The molecule has 1 unspecified atom stereocenters. The van der Waals surface area contributed by atoms with Crippen LogP contribution in [-0.2, 0) is 6.42 Å². The maximum Gasteiger partial charge on any atom is 0.126 e. The molecule has 2 rings (SSSR count). The lowest BCUT2D eigenvalue weighted by Gasteiger charge is -2.15. The van der Waals surface area contributed by atoms with Gasteiger partial charge in [0.2, 0.25) is 0 Å². The molecule has 0 spiro atoms. The first-order chi connectivity index (χ1) is 8.31. The molecule has 0 saturated carbocycles.